The summed E-state index contributed by atoms with van der Waals surface area (Å²) in [5, 5.41) is 13.7. The third-order valence-corrected chi connectivity index (χ3v) is 13.0. The van der Waals surface area contributed by atoms with Crippen molar-refractivity contribution in [1.29, 1.82) is 0 Å². The van der Waals surface area contributed by atoms with Gasteiger partial charge >= 0.3 is 0 Å². The molecule has 0 aliphatic carbocycles. The van der Waals surface area contributed by atoms with E-state index in [4.69, 9.17) is 9.97 Å². The largest absolute Gasteiger partial charge is 0.512 e. The maximum absolute atomic E-state index is 11.7. The Hall–Kier alpha value is -2.48. The van der Waals surface area contributed by atoms with Crippen LogP contribution >= 0.6 is 34.0 Å². The van der Waals surface area contributed by atoms with Crippen LogP contribution in [-0.2, 0) is 36.7 Å². The van der Waals surface area contributed by atoms with Gasteiger partial charge in [0, 0.05) is 63.4 Å². The van der Waals surface area contributed by atoms with Crippen LogP contribution in [0.4, 0.5) is 0 Å². The van der Waals surface area contributed by atoms with E-state index in [0.29, 0.717) is 5.92 Å². The molecule has 1 radical (unpaired) electrons. The monoisotopic (exact) mass is 904 g/mol. The van der Waals surface area contributed by atoms with Crippen LogP contribution in [-0.4, -0.2) is 20.9 Å². The number of hydrogen-bond acceptors (Lipinski definition) is 7. The van der Waals surface area contributed by atoms with Crippen LogP contribution in [0.5, 0.6) is 0 Å². The molecule has 50 heavy (non-hydrogen) atoms. The average molecular weight is 904 g/mol. The Morgan fingerprint density at radius 1 is 0.920 bits per heavy atom. The Balaban J connectivity index is 0.000000301. The minimum Gasteiger partial charge on any atom is -0.512 e. The number of allylic oxidation sites excluding steroid dienone is 2. The first-order chi connectivity index (χ1) is 23.3. The number of rotatable bonds is 10. The number of carbonyl (C=O) groups is 1. The normalized spacial score (nSPS) is 12.5. The Bertz CT molecular complexity index is 2120. The summed E-state index contributed by atoms with van der Waals surface area (Å²) < 4.78 is 5.13. The minimum absolute atomic E-state index is 0. The van der Waals surface area contributed by atoms with Crippen molar-refractivity contribution in [3.05, 3.63) is 70.6 Å². The number of aliphatic hydroxyl groups excluding tert-OH is 1. The van der Waals surface area contributed by atoms with Crippen molar-refractivity contribution in [2.24, 2.45) is 17.8 Å². The molecule has 0 unspecified atom stereocenters. The molecule has 0 saturated carbocycles. The molecule has 4 nitrogen and oxygen atoms in total. The van der Waals surface area contributed by atoms with E-state index in [2.05, 4.69) is 77.9 Å². The van der Waals surface area contributed by atoms with Gasteiger partial charge in [0.25, 0.3) is 0 Å². The van der Waals surface area contributed by atoms with Gasteiger partial charge in [-0.2, -0.15) is 0 Å². The predicted octanol–water partition coefficient (Wildman–Crippen LogP) is 13.4. The summed E-state index contributed by atoms with van der Waals surface area (Å²) in [5.74, 6) is 1.16. The number of ketones is 1. The summed E-state index contributed by atoms with van der Waals surface area (Å²) in [6.07, 6.45) is 7.71. The molecule has 1 N–H and O–H groups in total. The zero-order valence-corrected chi connectivity index (χ0v) is 36.0. The molecule has 0 atom stereocenters. The first kappa shape index (κ1) is 40.3. The molecule has 6 rings (SSSR count). The van der Waals surface area contributed by atoms with Crippen LogP contribution in [0.15, 0.2) is 48.5 Å². The van der Waals surface area contributed by atoms with E-state index in [9.17, 15) is 9.90 Å². The molecule has 0 saturated heterocycles. The molecule has 4 heterocycles. The van der Waals surface area contributed by atoms with E-state index in [1.165, 1.54) is 56.4 Å². The van der Waals surface area contributed by atoms with Crippen molar-refractivity contribution >= 4 is 79.6 Å². The molecule has 0 fully saturated rings. The molecule has 0 amide bonds. The van der Waals surface area contributed by atoms with Crippen LogP contribution < -0.4 is 0 Å². The van der Waals surface area contributed by atoms with Crippen molar-refractivity contribution in [1.82, 2.24) is 9.97 Å². The molecular formula is C42H51IrN2O2S3-. The van der Waals surface area contributed by atoms with Gasteiger partial charge in [0.2, 0.25) is 0 Å². The number of aliphatic hydroxyl groups is 1. The summed E-state index contributed by atoms with van der Waals surface area (Å²) in [5.41, 5.74) is 5.93. The van der Waals surface area contributed by atoms with E-state index in [0.717, 1.165) is 48.9 Å². The summed E-state index contributed by atoms with van der Waals surface area (Å²) in [7, 11) is 0. The summed E-state index contributed by atoms with van der Waals surface area (Å²) >= 11 is 5.59. The third kappa shape index (κ3) is 8.42. The summed E-state index contributed by atoms with van der Waals surface area (Å²) in [6.45, 7) is 21.8. The maximum Gasteiger partial charge on any atom is 0.162 e. The van der Waals surface area contributed by atoms with Gasteiger partial charge in [-0.25, -0.2) is 4.98 Å². The van der Waals surface area contributed by atoms with Gasteiger partial charge in [-0.1, -0.05) is 85.9 Å². The van der Waals surface area contributed by atoms with Crippen LogP contribution in [0, 0.1) is 30.7 Å². The molecule has 0 aliphatic rings. The van der Waals surface area contributed by atoms with Gasteiger partial charge in [-0.15, -0.1) is 57.3 Å². The molecule has 0 bridgehead atoms. The van der Waals surface area contributed by atoms with Gasteiger partial charge in [0.1, 0.15) is 6.33 Å². The zero-order valence-electron chi connectivity index (χ0n) is 31.1. The molecule has 269 valence electrons. The number of benzene rings is 2. The SMILES string of the molecule is CCC(CC)C(=O)/C=C(\O)C(CC)CC.Cc1cc2c(s1)sc1[c-]c(-c3ncnc4c3sc3c(CC(C)C)cccc34)cc(C(C)(C)C)c12.[Ir]. The van der Waals surface area contributed by atoms with E-state index >= 15 is 0 Å². The Morgan fingerprint density at radius 2 is 1.60 bits per heavy atom. The van der Waals surface area contributed by atoms with Crippen molar-refractivity contribution < 1.29 is 30.0 Å². The van der Waals surface area contributed by atoms with Crippen molar-refractivity contribution in [2.75, 3.05) is 0 Å². The molecule has 8 heteroatoms. The second kappa shape index (κ2) is 16.9. The first-order valence-corrected chi connectivity index (χ1v) is 20.2. The molecule has 6 aromatic rings. The topological polar surface area (TPSA) is 63.1 Å². The van der Waals surface area contributed by atoms with Gasteiger partial charge in [-0.3, -0.25) is 9.78 Å². The Kier molecular flexibility index (Phi) is 13.6. The summed E-state index contributed by atoms with van der Waals surface area (Å²) in [6, 6.07) is 15.1. The number of aryl methyl sites for hydroxylation is 1. The minimum atomic E-state index is 0. The Morgan fingerprint density at radius 3 is 2.22 bits per heavy atom. The fraction of sp³-hybridized carbons (Fsp3) is 0.452. The van der Waals surface area contributed by atoms with Crippen LogP contribution in [0.1, 0.15) is 104 Å². The van der Waals surface area contributed by atoms with E-state index in [1.54, 1.807) is 6.33 Å². The second-order valence-corrected chi connectivity index (χ2v) is 18.2. The predicted molar refractivity (Wildman–Crippen MR) is 216 cm³/mol. The fourth-order valence-corrected chi connectivity index (χ4v) is 10.5. The number of nitrogens with zero attached hydrogens (tertiary/aromatic N) is 2. The van der Waals surface area contributed by atoms with Gasteiger partial charge < -0.3 is 5.11 Å². The van der Waals surface area contributed by atoms with Crippen LogP contribution in [0.2, 0.25) is 0 Å². The number of fused-ring (bicyclic) bond motifs is 6. The average Bonchev–Trinajstić information content (AvgIpc) is 3.71. The fourth-order valence-electron chi connectivity index (χ4n) is 6.69. The zero-order chi connectivity index (χ0) is 35.6. The second-order valence-electron chi connectivity index (χ2n) is 14.6. The van der Waals surface area contributed by atoms with Crippen molar-refractivity contribution in [3.8, 4) is 11.3 Å². The van der Waals surface area contributed by atoms with Gasteiger partial charge in [0.15, 0.2) is 5.78 Å². The van der Waals surface area contributed by atoms with Gasteiger partial charge in [-0.05, 0) is 72.1 Å². The number of thiophene rings is 3. The van der Waals surface area contributed by atoms with Crippen LogP contribution in [0.25, 0.3) is 51.0 Å². The van der Waals surface area contributed by atoms with Crippen molar-refractivity contribution in [3.63, 3.8) is 0 Å². The molecule has 2 aromatic carbocycles. The van der Waals surface area contributed by atoms with Crippen molar-refractivity contribution in [2.45, 2.75) is 107 Å². The first-order valence-electron chi connectivity index (χ1n) is 17.8. The standard InChI is InChI=1S/C29H27N2S3.C13H24O2.Ir/c1-15(2)10-17-8-7-9-19-25-27(34-26(17)19)24(30-14-31-25)18-12-21(29(4,5)6)23-20-11-16(3)32-28(20)33-22(23)13-18;1-5-10(6-2)12(14)9-13(15)11(7-3)8-4;/h7-9,11-12,14-15H,10H2,1-6H3;9-11,14H,5-8H2,1-4H3;/q-1;;/b;12-9-;. The van der Waals surface area contributed by atoms with E-state index < -0.39 is 0 Å². The summed E-state index contributed by atoms with van der Waals surface area (Å²) in [4.78, 5) is 22.6. The molecule has 4 aromatic heterocycles. The number of hydrogen-bond donors (Lipinski definition) is 1. The maximum atomic E-state index is 11.7. The van der Waals surface area contributed by atoms with Crippen LogP contribution in [0.3, 0.4) is 0 Å². The molecular weight excluding hydrogens is 853 g/mol. The van der Waals surface area contributed by atoms with E-state index in [-0.39, 0.29) is 48.9 Å². The Labute approximate surface area is 323 Å². The molecule has 0 aliphatic heterocycles. The van der Waals surface area contributed by atoms with Gasteiger partial charge in [0.05, 0.1) is 15.3 Å². The quantitative estimate of drug-likeness (QED) is 0.0845. The van der Waals surface area contributed by atoms with E-state index in [1.807, 2.05) is 61.7 Å². The number of aromatic nitrogens is 2. The molecule has 0 spiro atoms. The number of carbonyl (C=O) groups excluding carboxylic acids is 1. The smallest absolute Gasteiger partial charge is 0.162 e. The third-order valence-electron chi connectivity index (χ3n) is 9.45.